The summed E-state index contributed by atoms with van der Waals surface area (Å²) in [5.41, 5.74) is 1.07. The summed E-state index contributed by atoms with van der Waals surface area (Å²) in [6, 6.07) is 8.90. The molecule has 0 radical (unpaired) electrons. The van der Waals surface area contributed by atoms with Gasteiger partial charge in [0.05, 0.1) is 49.5 Å². The minimum absolute atomic E-state index is 0.107. The van der Waals surface area contributed by atoms with Crippen LogP contribution in [0.4, 0.5) is 5.69 Å². The number of likely N-dealkylation sites (N-methyl/N-ethyl adjacent to an activating group) is 1. The zero-order chi connectivity index (χ0) is 26.6. The second-order valence-corrected chi connectivity index (χ2v) is 8.85. The molecule has 1 heterocycles. The predicted molar refractivity (Wildman–Crippen MR) is 134 cm³/mol. The van der Waals surface area contributed by atoms with Gasteiger partial charge in [0.15, 0.2) is 11.5 Å². The number of hydrogen-bond acceptors (Lipinski definition) is 7. The Morgan fingerprint density at radius 1 is 1.03 bits per heavy atom. The largest absolute Gasteiger partial charge is 0.493 e. The predicted octanol–water partition coefficient (Wildman–Crippen LogP) is 2.41. The zero-order valence-corrected chi connectivity index (χ0v) is 21.5. The van der Waals surface area contributed by atoms with E-state index in [1.54, 1.807) is 69.5 Å². The minimum atomic E-state index is -0.900. The number of rotatable bonds is 10. The normalized spacial score (nSPS) is 13.5. The Hall–Kier alpha value is -3.92. The maximum atomic E-state index is 13.7. The van der Waals surface area contributed by atoms with Crippen molar-refractivity contribution in [1.29, 1.82) is 0 Å². The molecular formula is C26H32N4O6. The lowest BCUT2D eigenvalue weighted by atomic mass is 10.0. The average molecular weight is 497 g/mol. The first-order valence-electron chi connectivity index (χ1n) is 11.5. The highest BCUT2D eigenvalue weighted by Crippen LogP contribution is 2.39. The summed E-state index contributed by atoms with van der Waals surface area (Å²) in [4.78, 5) is 56.6. The molecule has 192 valence electrons. The van der Waals surface area contributed by atoms with Crippen molar-refractivity contribution in [2.24, 2.45) is 0 Å². The monoisotopic (exact) mass is 496 g/mol. The molecule has 36 heavy (non-hydrogen) atoms. The third kappa shape index (κ3) is 5.49. The van der Waals surface area contributed by atoms with Crippen LogP contribution in [-0.2, 0) is 9.59 Å². The van der Waals surface area contributed by atoms with E-state index in [1.807, 2.05) is 6.92 Å². The molecule has 0 aromatic heterocycles. The van der Waals surface area contributed by atoms with E-state index in [9.17, 15) is 19.2 Å². The Balaban J connectivity index is 2.06. The molecule has 10 nitrogen and oxygen atoms in total. The molecule has 1 aliphatic heterocycles. The zero-order valence-electron chi connectivity index (χ0n) is 21.5. The molecule has 2 aromatic carbocycles. The van der Waals surface area contributed by atoms with Gasteiger partial charge in [-0.25, -0.2) is 0 Å². The van der Waals surface area contributed by atoms with Gasteiger partial charge in [-0.2, -0.15) is 0 Å². The molecule has 0 bridgehead atoms. The number of anilines is 1. The fourth-order valence-electron chi connectivity index (χ4n) is 4.04. The fraction of sp³-hybridized carbons (Fsp3) is 0.385. The van der Waals surface area contributed by atoms with Gasteiger partial charge in [0.2, 0.25) is 11.8 Å². The van der Waals surface area contributed by atoms with Crippen molar-refractivity contribution in [2.45, 2.75) is 19.4 Å². The van der Waals surface area contributed by atoms with E-state index < -0.39 is 17.9 Å². The highest BCUT2D eigenvalue weighted by atomic mass is 16.5. The number of carbonyl (C=O) groups is 4. The highest BCUT2D eigenvalue weighted by molar-refractivity contribution is 6.24. The lowest BCUT2D eigenvalue weighted by Crippen LogP contribution is -2.37. The summed E-state index contributed by atoms with van der Waals surface area (Å²) in [5, 5.41) is 2.73. The van der Waals surface area contributed by atoms with E-state index >= 15 is 0 Å². The van der Waals surface area contributed by atoms with Crippen LogP contribution in [0.2, 0.25) is 0 Å². The number of benzene rings is 2. The Bertz CT molecular complexity index is 1180. The first kappa shape index (κ1) is 26.7. The first-order chi connectivity index (χ1) is 17.1. The van der Waals surface area contributed by atoms with Gasteiger partial charge in [-0.15, -0.1) is 0 Å². The Labute approximate surface area is 210 Å². The van der Waals surface area contributed by atoms with Crippen LogP contribution < -0.4 is 14.8 Å². The van der Waals surface area contributed by atoms with Gasteiger partial charge in [0.1, 0.15) is 0 Å². The molecule has 2 aromatic rings. The minimum Gasteiger partial charge on any atom is -0.493 e. The van der Waals surface area contributed by atoms with E-state index in [-0.39, 0.29) is 41.6 Å². The molecule has 0 fully saturated rings. The lowest BCUT2D eigenvalue weighted by molar-refractivity contribution is -0.129. The lowest BCUT2D eigenvalue weighted by Gasteiger charge is -2.28. The Morgan fingerprint density at radius 3 is 2.36 bits per heavy atom. The third-order valence-corrected chi connectivity index (χ3v) is 5.73. The standard InChI is InChI=1S/C26H32N4O6/c1-7-36-21-13-16(11-12-20(21)35-6)19(14-23(32)29(4)5)30-25(33)17-9-8-10-18(24(17)26(30)34)27-22(31)15-28(2)3/h8-13,19H,7,14-15H2,1-6H3,(H,27,31). The Morgan fingerprint density at radius 2 is 1.75 bits per heavy atom. The summed E-state index contributed by atoms with van der Waals surface area (Å²) in [5.74, 6) is -0.766. The van der Waals surface area contributed by atoms with Crippen molar-refractivity contribution in [2.75, 3.05) is 53.8 Å². The van der Waals surface area contributed by atoms with Crippen molar-refractivity contribution in [1.82, 2.24) is 14.7 Å². The van der Waals surface area contributed by atoms with Crippen LogP contribution in [-0.4, -0.2) is 86.8 Å². The van der Waals surface area contributed by atoms with Gasteiger partial charge >= 0.3 is 0 Å². The summed E-state index contributed by atoms with van der Waals surface area (Å²) < 4.78 is 11.0. The molecule has 1 atom stereocenters. The van der Waals surface area contributed by atoms with Gasteiger partial charge in [0, 0.05) is 14.1 Å². The molecule has 1 N–H and O–H groups in total. The number of fused-ring (bicyclic) bond motifs is 1. The van der Waals surface area contributed by atoms with E-state index in [4.69, 9.17) is 9.47 Å². The van der Waals surface area contributed by atoms with Crippen LogP contribution in [0, 0.1) is 0 Å². The number of ether oxygens (including phenoxy) is 2. The molecule has 0 saturated carbocycles. The number of hydrogen-bond donors (Lipinski definition) is 1. The average Bonchev–Trinajstić information content (AvgIpc) is 3.07. The topological polar surface area (TPSA) is 108 Å². The van der Waals surface area contributed by atoms with Crippen LogP contribution in [0.15, 0.2) is 36.4 Å². The highest BCUT2D eigenvalue weighted by Gasteiger charge is 2.43. The second-order valence-electron chi connectivity index (χ2n) is 8.85. The number of nitrogens with one attached hydrogen (secondary N) is 1. The molecule has 4 amide bonds. The van der Waals surface area contributed by atoms with Crippen molar-refractivity contribution in [3.8, 4) is 11.5 Å². The van der Waals surface area contributed by atoms with Gasteiger partial charge in [0.25, 0.3) is 11.8 Å². The molecule has 3 rings (SSSR count). The molecular weight excluding hydrogens is 464 g/mol. The number of nitrogens with zero attached hydrogens (tertiary/aromatic N) is 3. The fourth-order valence-corrected chi connectivity index (χ4v) is 4.04. The van der Waals surface area contributed by atoms with E-state index in [0.29, 0.717) is 23.7 Å². The summed E-state index contributed by atoms with van der Waals surface area (Å²) in [6.07, 6.45) is -0.126. The molecule has 0 spiro atoms. The van der Waals surface area contributed by atoms with E-state index in [0.717, 1.165) is 4.90 Å². The maximum Gasteiger partial charge on any atom is 0.264 e. The van der Waals surface area contributed by atoms with Gasteiger partial charge < -0.3 is 24.6 Å². The maximum absolute atomic E-state index is 13.7. The second kappa shape index (κ2) is 11.2. The summed E-state index contributed by atoms with van der Waals surface area (Å²) >= 11 is 0. The molecule has 1 aliphatic rings. The van der Waals surface area contributed by atoms with Crippen molar-refractivity contribution in [3.63, 3.8) is 0 Å². The number of methoxy groups -OCH3 is 1. The van der Waals surface area contributed by atoms with Gasteiger partial charge in [-0.3, -0.25) is 24.1 Å². The van der Waals surface area contributed by atoms with Crippen molar-refractivity contribution < 1.29 is 28.7 Å². The summed E-state index contributed by atoms with van der Waals surface area (Å²) in [6.45, 7) is 2.32. The van der Waals surface area contributed by atoms with Crippen LogP contribution in [0.5, 0.6) is 11.5 Å². The van der Waals surface area contributed by atoms with Crippen LogP contribution in [0.25, 0.3) is 0 Å². The van der Waals surface area contributed by atoms with Gasteiger partial charge in [-0.1, -0.05) is 12.1 Å². The molecule has 10 heteroatoms. The van der Waals surface area contributed by atoms with E-state index in [2.05, 4.69) is 5.32 Å². The van der Waals surface area contributed by atoms with Crippen LogP contribution in [0.3, 0.4) is 0 Å². The summed E-state index contributed by atoms with van der Waals surface area (Å²) in [7, 11) is 8.24. The number of carbonyl (C=O) groups excluding carboxylic acids is 4. The quantitative estimate of drug-likeness (QED) is 0.503. The molecule has 0 saturated heterocycles. The van der Waals surface area contributed by atoms with Crippen LogP contribution in [0.1, 0.15) is 45.7 Å². The smallest absolute Gasteiger partial charge is 0.264 e. The number of amides is 4. The SMILES string of the molecule is CCOc1cc(C(CC(=O)N(C)C)N2C(=O)c3cccc(NC(=O)CN(C)C)c3C2=O)ccc1OC. The van der Waals surface area contributed by atoms with E-state index in [1.165, 1.54) is 12.0 Å². The van der Waals surface area contributed by atoms with Crippen molar-refractivity contribution >= 4 is 29.3 Å². The van der Waals surface area contributed by atoms with Crippen LogP contribution >= 0.6 is 0 Å². The van der Waals surface area contributed by atoms with Gasteiger partial charge in [-0.05, 0) is 50.8 Å². The third-order valence-electron chi connectivity index (χ3n) is 5.73. The molecule has 0 aliphatic carbocycles. The Kier molecular flexibility index (Phi) is 8.31. The first-order valence-corrected chi connectivity index (χ1v) is 11.5. The molecule has 1 unspecified atom stereocenters. The van der Waals surface area contributed by atoms with Crippen molar-refractivity contribution in [3.05, 3.63) is 53.1 Å². The number of imide groups is 1.